The SMILES string of the molecule is CCCCCCCCC(C)C(C)(C)C(=O)O[SiH3]. The highest BCUT2D eigenvalue weighted by Crippen LogP contribution is 2.31. The number of hydrogen-bond donors (Lipinski definition) is 0. The van der Waals surface area contributed by atoms with E-state index in [0.717, 1.165) is 6.42 Å². The average Bonchev–Trinajstić information content (AvgIpc) is 2.31. The molecule has 0 radical (unpaired) electrons. The minimum absolute atomic E-state index is 0.0253. The van der Waals surface area contributed by atoms with E-state index < -0.39 is 0 Å². The Balaban J connectivity index is 3.78. The molecule has 0 aliphatic heterocycles. The summed E-state index contributed by atoms with van der Waals surface area (Å²) in [6.45, 7) is 8.43. The maximum absolute atomic E-state index is 11.7. The highest BCUT2D eigenvalue weighted by atomic mass is 28.2. The fourth-order valence-electron chi connectivity index (χ4n) is 2.06. The van der Waals surface area contributed by atoms with E-state index in [-0.39, 0.29) is 11.4 Å². The van der Waals surface area contributed by atoms with Crippen LogP contribution in [0.1, 0.15) is 72.6 Å². The molecule has 2 nitrogen and oxygen atoms in total. The topological polar surface area (TPSA) is 26.3 Å². The van der Waals surface area contributed by atoms with Crippen LogP contribution in [0, 0.1) is 11.3 Å². The van der Waals surface area contributed by atoms with E-state index in [1.165, 1.54) is 38.5 Å². The minimum Gasteiger partial charge on any atom is -0.528 e. The van der Waals surface area contributed by atoms with E-state index in [1.807, 2.05) is 13.8 Å². The van der Waals surface area contributed by atoms with Gasteiger partial charge in [0.05, 0.1) is 5.41 Å². The largest absolute Gasteiger partial charge is 0.528 e. The number of carbonyl (C=O) groups is 1. The van der Waals surface area contributed by atoms with Crippen LogP contribution in [0.2, 0.25) is 0 Å². The van der Waals surface area contributed by atoms with Crippen LogP contribution in [0.5, 0.6) is 0 Å². The van der Waals surface area contributed by atoms with Crippen LogP contribution in [0.4, 0.5) is 0 Å². The lowest BCUT2D eigenvalue weighted by atomic mass is 9.77. The summed E-state index contributed by atoms with van der Waals surface area (Å²) in [4.78, 5) is 11.7. The molecule has 0 aromatic heterocycles. The molecular weight excluding hydrogens is 228 g/mol. The number of rotatable bonds is 9. The van der Waals surface area contributed by atoms with Crippen LogP contribution in [0.3, 0.4) is 0 Å². The van der Waals surface area contributed by atoms with E-state index in [1.54, 1.807) is 0 Å². The molecule has 0 saturated carbocycles. The summed E-state index contributed by atoms with van der Waals surface area (Å²) in [6.07, 6.45) is 9.03. The molecule has 1 atom stereocenters. The second kappa shape index (κ2) is 8.73. The van der Waals surface area contributed by atoms with Gasteiger partial charge < -0.3 is 4.43 Å². The highest BCUT2D eigenvalue weighted by Gasteiger charge is 2.33. The summed E-state index contributed by atoms with van der Waals surface area (Å²) in [6, 6.07) is 0. The Morgan fingerprint density at radius 3 is 2.24 bits per heavy atom. The molecule has 0 aliphatic rings. The third-order valence-corrected chi connectivity index (χ3v) is 4.30. The van der Waals surface area contributed by atoms with Gasteiger partial charge in [0.2, 0.25) is 10.5 Å². The summed E-state index contributed by atoms with van der Waals surface area (Å²) in [5, 5.41) is 0. The maximum atomic E-state index is 11.7. The van der Waals surface area contributed by atoms with Gasteiger partial charge in [-0.3, -0.25) is 4.79 Å². The van der Waals surface area contributed by atoms with Crippen molar-refractivity contribution in [3.63, 3.8) is 0 Å². The number of hydrogen-bond acceptors (Lipinski definition) is 2. The Hall–Kier alpha value is -0.313. The minimum atomic E-state index is -0.314. The van der Waals surface area contributed by atoms with Crippen LogP contribution in [-0.2, 0) is 9.22 Å². The Morgan fingerprint density at radius 2 is 1.71 bits per heavy atom. The van der Waals surface area contributed by atoms with Gasteiger partial charge >= 0.3 is 0 Å². The van der Waals surface area contributed by atoms with Gasteiger partial charge in [-0.15, -0.1) is 0 Å². The molecule has 0 spiro atoms. The quantitative estimate of drug-likeness (QED) is 0.469. The lowest BCUT2D eigenvalue weighted by Gasteiger charge is -2.29. The first kappa shape index (κ1) is 16.7. The molecule has 0 N–H and O–H groups in total. The Kier molecular flexibility index (Phi) is 8.57. The van der Waals surface area contributed by atoms with Crippen LogP contribution in [0.15, 0.2) is 0 Å². The molecule has 102 valence electrons. The van der Waals surface area contributed by atoms with Gasteiger partial charge in [-0.05, 0) is 26.2 Å². The van der Waals surface area contributed by atoms with Crippen LogP contribution in [-0.4, -0.2) is 16.5 Å². The Labute approximate surface area is 110 Å². The second-order valence-corrected chi connectivity index (χ2v) is 6.08. The second-order valence-electron chi connectivity index (χ2n) is 5.67. The zero-order valence-corrected chi connectivity index (χ0v) is 14.3. The third kappa shape index (κ3) is 6.25. The van der Waals surface area contributed by atoms with Gasteiger partial charge in [-0.25, -0.2) is 0 Å². The zero-order chi connectivity index (χ0) is 13.3. The van der Waals surface area contributed by atoms with Gasteiger partial charge in [0.1, 0.15) is 0 Å². The van der Waals surface area contributed by atoms with Gasteiger partial charge in [-0.2, -0.15) is 0 Å². The van der Waals surface area contributed by atoms with Crippen LogP contribution < -0.4 is 0 Å². The highest BCUT2D eigenvalue weighted by molar-refractivity contribution is 6.06. The van der Waals surface area contributed by atoms with Gasteiger partial charge in [-0.1, -0.05) is 52.4 Å². The number of carbonyl (C=O) groups excluding carboxylic acids is 1. The molecule has 3 heteroatoms. The smallest absolute Gasteiger partial charge is 0.297 e. The van der Waals surface area contributed by atoms with E-state index in [4.69, 9.17) is 4.43 Å². The molecule has 1 unspecified atom stereocenters. The molecule has 0 aromatic carbocycles. The van der Waals surface area contributed by atoms with Gasteiger partial charge in [0.15, 0.2) is 0 Å². The monoisotopic (exact) mass is 258 g/mol. The van der Waals surface area contributed by atoms with Crippen molar-refractivity contribution >= 4 is 16.5 Å². The molecule has 0 amide bonds. The maximum Gasteiger partial charge on any atom is 0.297 e. The molecule has 0 rings (SSSR count). The first-order chi connectivity index (χ1) is 7.96. The molecule has 0 heterocycles. The standard InChI is InChI=1S/C14H30O2Si/c1-5-6-7-8-9-10-11-12(2)14(3,4)13(15)16-17/h12H,5-11H2,1-4,17H3. The van der Waals surface area contributed by atoms with Crippen molar-refractivity contribution in [2.24, 2.45) is 11.3 Å². The predicted octanol–water partition coefficient (Wildman–Crippen LogP) is 3.22. The van der Waals surface area contributed by atoms with Gasteiger partial charge in [0, 0.05) is 0 Å². The van der Waals surface area contributed by atoms with Crippen molar-refractivity contribution in [2.45, 2.75) is 72.6 Å². The van der Waals surface area contributed by atoms with Crippen molar-refractivity contribution in [3.05, 3.63) is 0 Å². The van der Waals surface area contributed by atoms with Crippen molar-refractivity contribution in [3.8, 4) is 0 Å². The summed E-state index contributed by atoms with van der Waals surface area (Å²) in [5.41, 5.74) is -0.314. The van der Waals surface area contributed by atoms with E-state index in [0.29, 0.717) is 16.4 Å². The molecule has 0 aromatic rings. The number of unbranched alkanes of at least 4 members (excludes halogenated alkanes) is 5. The molecular formula is C14H30O2Si. The van der Waals surface area contributed by atoms with Crippen molar-refractivity contribution in [1.29, 1.82) is 0 Å². The first-order valence-corrected chi connectivity index (χ1v) is 7.86. The van der Waals surface area contributed by atoms with E-state index >= 15 is 0 Å². The van der Waals surface area contributed by atoms with Crippen LogP contribution >= 0.6 is 0 Å². The summed E-state index contributed by atoms with van der Waals surface area (Å²) >= 11 is 0. The zero-order valence-electron chi connectivity index (χ0n) is 12.3. The predicted molar refractivity (Wildman–Crippen MR) is 77.0 cm³/mol. The fraction of sp³-hybridized carbons (Fsp3) is 0.929. The van der Waals surface area contributed by atoms with Crippen molar-refractivity contribution in [1.82, 2.24) is 0 Å². The fourth-order valence-corrected chi connectivity index (χ4v) is 2.58. The van der Waals surface area contributed by atoms with Crippen molar-refractivity contribution < 1.29 is 9.22 Å². The molecule has 0 aliphatic carbocycles. The lowest BCUT2D eigenvalue weighted by Crippen LogP contribution is -2.32. The van der Waals surface area contributed by atoms with E-state index in [9.17, 15) is 4.79 Å². The van der Waals surface area contributed by atoms with E-state index in [2.05, 4.69) is 13.8 Å². The Morgan fingerprint density at radius 1 is 1.18 bits per heavy atom. The normalized spacial score (nSPS) is 13.6. The summed E-state index contributed by atoms with van der Waals surface area (Å²) in [7, 11) is 0.506. The Bertz CT molecular complexity index is 214. The van der Waals surface area contributed by atoms with Gasteiger partial charge in [0.25, 0.3) is 5.97 Å². The van der Waals surface area contributed by atoms with Crippen LogP contribution in [0.25, 0.3) is 0 Å². The molecule has 17 heavy (non-hydrogen) atoms. The summed E-state index contributed by atoms with van der Waals surface area (Å²) in [5.74, 6) is 0.387. The molecule has 0 fully saturated rings. The molecule has 0 saturated heterocycles. The third-order valence-electron chi connectivity index (χ3n) is 3.93. The average molecular weight is 258 g/mol. The summed E-state index contributed by atoms with van der Waals surface area (Å²) < 4.78 is 5.00. The molecule has 0 bridgehead atoms. The lowest BCUT2D eigenvalue weighted by molar-refractivity contribution is -0.146. The van der Waals surface area contributed by atoms with Crippen molar-refractivity contribution in [2.75, 3.05) is 0 Å². The first-order valence-electron chi connectivity index (χ1n) is 7.05.